The van der Waals surface area contributed by atoms with Crippen LogP contribution in [0.1, 0.15) is 45.1 Å². The van der Waals surface area contributed by atoms with Crippen molar-refractivity contribution in [2.45, 2.75) is 64.2 Å². The van der Waals surface area contributed by atoms with E-state index in [1.54, 1.807) is 0 Å². The summed E-state index contributed by atoms with van der Waals surface area (Å²) < 4.78 is 0. The van der Waals surface area contributed by atoms with E-state index in [-0.39, 0.29) is 0 Å². The normalized spacial score (nSPS) is 24.1. The fourth-order valence-corrected chi connectivity index (χ4v) is 3.32. The lowest BCUT2D eigenvalue weighted by Crippen LogP contribution is -2.52. The Morgan fingerprint density at radius 2 is 1.84 bits per heavy atom. The van der Waals surface area contributed by atoms with Gasteiger partial charge in [-0.05, 0) is 39.3 Å². The lowest BCUT2D eigenvalue weighted by atomic mass is 9.88. The fraction of sp³-hybridized carbons (Fsp3) is 0.647. The van der Waals surface area contributed by atoms with Crippen molar-refractivity contribution in [2.75, 3.05) is 7.05 Å². The second-order valence-corrected chi connectivity index (χ2v) is 6.00. The molecule has 0 spiro atoms. The third-order valence-corrected chi connectivity index (χ3v) is 4.40. The van der Waals surface area contributed by atoms with Gasteiger partial charge in [0.05, 0.1) is 0 Å². The largest absolute Gasteiger partial charge is 0.315 e. The van der Waals surface area contributed by atoms with Crippen LogP contribution in [0.3, 0.4) is 0 Å². The van der Waals surface area contributed by atoms with Gasteiger partial charge in [0.15, 0.2) is 0 Å². The molecule has 1 saturated carbocycles. The molecular formula is C17H28N2. The summed E-state index contributed by atoms with van der Waals surface area (Å²) in [5, 5.41) is 3.53. The van der Waals surface area contributed by atoms with Crippen molar-refractivity contribution in [1.82, 2.24) is 10.2 Å². The molecule has 19 heavy (non-hydrogen) atoms. The summed E-state index contributed by atoms with van der Waals surface area (Å²) >= 11 is 0. The van der Waals surface area contributed by atoms with Crippen LogP contribution in [0.25, 0.3) is 0 Å². The molecule has 1 aromatic rings. The summed E-state index contributed by atoms with van der Waals surface area (Å²) in [6.45, 7) is 5.72. The van der Waals surface area contributed by atoms with Crippen LogP contribution in [0, 0.1) is 0 Å². The Morgan fingerprint density at radius 3 is 2.47 bits per heavy atom. The monoisotopic (exact) mass is 260 g/mol. The van der Waals surface area contributed by atoms with E-state index in [4.69, 9.17) is 0 Å². The molecule has 0 aromatic heterocycles. The number of nitrogens with zero attached hydrogens (tertiary/aromatic N) is 1. The van der Waals surface area contributed by atoms with Crippen molar-refractivity contribution in [3.8, 4) is 0 Å². The standard InChI is InChI=1S/C17H28N2/c1-14(2)19(13-15-9-5-4-6-10-15)17-12-8-7-11-16(17)18-3/h4-6,9-10,14,16-18H,7-8,11-13H2,1-3H3. The molecule has 0 heterocycles. The molecule has 2 rings (SSSR count). The molecule has 0 radical (unpaired) electrons. The minimum Gasteiger partial charge on any atom is -0.315 e. The Morgan fingerprint density at radius 1 is 1.16 bits per heavy atom. The number of rotatable bonds is 5. The Hall–Kier alpha value is -0.860. The SMILES string of the molecule is CNC1CCCCC1N(Cc1ccccc1)C(C)C. The number of hydrogen-bond acceptors (Lipinski definition) is 2. The molecule has 1 aliphatic carbocycles. The zero-order valence-corrected chi connectivity index (χ0v) is 12.6. The first-order valence-electron chi connectivity index (χ1n) is 7.69. The highest BCUT2D eigenvalue weighted by molar-refractivity contribution is 5.15. The first kappa shape index (κ1) is 14.5. The van der Waals surface area contributed by atoms with E-state index >= 15 is 0 Å². The Labute approximate surface area is 118 Å². The lowest BCUT2D eigenvalue weighted by molar-refractivity contribution is 0.0870. The third-order valence-electron chi connectivity index (χ3n) is 4.40. The second kappa shape index (κ2) is 7.06. The number of nitrogens with one attached hydrogen (secondary N) is 1. The highest BCUT2D eigenvalue weighted by Crippen LogP contribution is 2.26. The summed E-state index contributed by atoms with van der Waals surface area (Å²) in [6, 6.07) is 12.8. The third kappa shape index (κ3) is 3.80. The van der Waals surface area contributed by atoms with Gasteiger partial charge in [-0.15, -0.1) is 0 Å². The summed E-state index contributed by atoms with van der Waals surface area (Å²) in [4.78, 5) is 2.68. The lowest BCUT2D eigenvalue weighted by Gasteiger charge is -2.42. The highest BCUT2D eigenvalue weighted by Gasteiger charge is 2.30. The van der Waals surface area contributed by atoms with Crippen LogP contribution in [-0.4, -0.2) is 30.1 Å². The highest BCUT2D eigenvalue weighted by atomic mass is 15.2. The molecule has 0 aliphatic heterocycles. The van der Waals surface area contributed by atoms with Crippen LogP contribution >= 0.6 is 0 Å². The summed E-state index contributed by atoms with van der Waals surface area (Å²) in [6.07, 6.45) is 5.40. The molecule has 0 bridgehead atoms. The average molecular weight is 260 g/mol. The molecule has 2 nitrogen and oxygen atoms in total. The maximum absolute atomic E-state index is 3.53. The smallest absolute Gasteiger partial charge is 0.0255 e. The maximum atomic E-state index is 3.53. The van der Waals surface area contributed by atoms with Gasteiger partial charge in [0.2, 0.25) is 0 Å². The zero-order chi connectivity index (χ0) is 13.7. The van der Waals surface area contributed by atoms with E-state index in [1.165, 1.54) is 31.2 Å². The van der Waals surface area contributed by atoms with Crippen LogP contribution in [0.15, 0.2) is 30.3 Å². The van der Waals surface area contributed by atoms with Crippen molar-refractivity contribution in [3.05, 3.63) is 35.9 Å². The summed E-state index contributed by atoms with van der Waals surface area (Å²) in [5.74, 6) is 0. The molecule has 106 valence electrons. The first-order chi connectivity index (χ1) is 9.22. The summed E-state index contributed by atoms with van der Waals surface area (Å²) in [7, 11) is 2.12. The average Bonchev–Trinajstić information content (AvgIpc) is 2.45. The van der Waals surface area contributed by atoms with Gasteiger partial charge in [-0.3, -0.25) is 4.90 Å². The molecule has 2 atom stereocenters. The van der Waals surface area contributed by atoms with E-state index in [9.17, 15) is 0 Å². The second-order valence-electron chi connectivity index (χ2n) is 6.00. The van der Waals surface area contributed by atoms with Gasteiger partial charge in [0, 0.05) is 24.7 Å². The molecule has 0 saturated heterocycles. The predicted octanol–water partition coefficient (Wildman–Crippen LogP) is 3.43. The van der Waals surface area contributed by atoms with E-state index in [2.05, 4.69) is 61.4 Å². The van der Waals surface area contributed by atoms with Crippen LogP contribution < -0.4 is 5.32 Å². The number of likely N-dealkylation sites (N-methyl/N-ethyl adjacent to an activating group) is 1. The summed E-state index contributed by atoms with van der Waals surface area (Å²) in [5.41, 5.74) is 1.43. The van der Waals surface area contributed by atoms with E-state index in [0.29, 0.717) is 18.1 Å². The van der Waals surface area contributed by atoms with Crippen LogP contribution in [0.4, 0.5) is 0 Å². The van der Waals surface area contributed by atoms with Crippen molar-refractivity contribution >= 4 is 0 Å². The van der Waals surface area contributed by atoms with Crippen molar-refractivity contribution in [1.29, 1.82) is 0 Å². The molecule has 1 aromatic carbocycles. The van der Waals surface area contributed by atoms with E-state index in [1.807, 2.05) is 0 Å². The van der Waals surface area contributed by atoms with E-state index in [0.717, 1.165) is 6.54 Å². The van der Waals surface area contributed by atoms with Crippen molar-refractivity contribution in [3.63, 3.8) is 0 Å². The first-order valence-corrected chi connectivity index (χ1v) is 7.69. The van der Waals surface area contributed by atoms with E-state index < -0.39 is 0 Å². The molecule has 1 N–H and O–H groups in total. The van der Waals surface area contributed by atoms with Crippen LogP contribution in [-0.2, 0) is 6.54 Å². The quantitative estimate of drug-likeness (QED) is 0.872. The number of benzene rings is 1. The molecule has 1 fully saturated rings. The Kier molecular flexibility index (Phi) is 5.41. The molecule has 0 amide bonds. The Balaban J connectivity index is 2.10. The maximum Gasteiger partial charge on any atom is 0.0255 e. The van der Waals surface area contributed by atoms with Gasteiger partial charge in [-0.2, -0.15) is 0 Å². The number of hydrogen-bond donors (Lipinski definition) is 1. The molecule has 1 aliphatic rings. The minimum atomic E-state index is 0.596. The molecular weight excluding hydrogens is 232 g/mol. The van der Waals surface area contributed by atoms with Crippen LogP contribution in [0.2, 0.25) is 0 Å². The van der Waals surface area contributed by atoms with Gasteiger partial charge in [-0.25, -0.2) is 0 Å². The van der Waals surface area contributed by atoms with Gasteiger partial charge in [0.1, 0.15) is 0 Å². The molecule has 2 heteroatoms. The Bertz CT molecular complexity index is 361. The van der Waals surface area contributed by atoms with Gasteiger partial charge < -0.3 is 5.32 Å². The molecule has 2 unspecified atom stereocenters. The van der Waals surface area contributed by atoms with Gasteiger partial charge in [0.25, 0.3) is 0 Å². The van der Waals surface area contributed by atoms with Crippen molar-refractivity contribution in [2.24, 2.45) is 0 Å². The predicted molar refractivity (Wildman–Crippen MR) is 82.2 cm³/mol. The van der Waals surface area contributed by atoms with Gasteiger partial charge >= 0.3 is 0 Å². The fourth-order valence-electron chi connectivity index (χ4n) is 3.32. The topological polar surface area (TPSA) is 15.3 Å². The van der Waals surface area contributed by atoms with Crippen LogP contribution in [0.5, 0.6) is 0 Å². The van der Waals surface area contributed by atoms with Gasteiger partial charge in [-0.1, -0.05) is 43.2 Å². The van der Waals surface area contributed by atoms with Crippen molar-refractivity contribution < 1.29 is 0 Å². The zero-order valence-electron chi connectivity index (χ0n) is 12.6. The minimum absolute atomic E-state index is 0.596.